The standard InChI is InChI=1S/C16H20N2O2/c1-2-18-11-14-13-6-4-3-5-12(13)7-8-15(14)20-10-9-16(17)19/h3-8,18H,2,9-11H2,1H3,(H2,17,19). The summed E-state index contributed by atoms with van der Waals surface area (Å²) in [5.41, 5.74) is 6.25. The van der Waals surface area contributed by atoms with E-state index < -0.39 is 0 Å². The maximum absolute atomic E-state index is 10.8. The number of benzene rings is 2. The van der Waals surface area contributed by atoms with Gasteiger partial charge in [0.25, 0.3) is 0 Å². The predicted molar refractivity (Wildman–Crippen MR) is 80.6 cm³/mol. The minimum absolute atomic E-state index is 0.230. The second kappa shape index (κ2) is 6.91. The van der Waals surface area contributed by atoms with Crippen molar-refractivity contribution in [3.8, 4) is 5.75 Å². The minimum atomic E-state index is -0.348. The molecule has 2 aromatic carbocycles. The van der Waals surface area contributed by atoms with E-state index in [0.29, 0.717) is 6.61 Å². The zero-order valence-corrected chi connectivity index (χ0v) is 11.7. The molecule has 0 aliphatic rings. The topological polar surface area (TPSA) is 64.3 Å². The van der Waals surface area contributed by atoms with Gasteiger partial charge in [-0.2, -0.15) is 0 Å². The van der Waals surface area contributed by atoms with Crippen molar-refractivity contribution in [2.75, 3.05) is 13.2 Å². The maximum atomic E-state index is 10.8. The molecule has 0 bridgehead atoms. The number of hydrogen-bond acceptors (Lipinski definition) is 3. The summed E-state index contributed by atoms with van der Waals surface area (Å²) in [6.07, 6.45) is 0.230. The lowest BCUT2D eigenvalue weighted by Crippen LogP contribution is -2.16. The van der Waals surface area contributed by atoms with Gasteiger partial charge < -0.3 is 15.8 Å². The van der Waals surface area contributed by atoms with Crippen LogP contribution in [0, 0.1) is 0 Å². The molecule has 0 unspecified atom stereocenters. The summed E-state index contributed by atoms with van der Waals surface area (Å²) in [5, 5.41) is 5.68. The van der Waals surface area contributed by atoms with Crippen LogP contribution in [0.5, 0.6) is 5.75 Å². The average Bonchev–Trinajstić information content (AvgIpc) is 2.45. The third kappa shape index (κ3) is 3.48. The third-order valence-electron chi connectivity index (χ3n) is 3.16. The van der Waals surface area contributed by atoms with E-state index in [2.05, 4.69) is 24.4 Å². The molecule has 1 amide bonds. The predicted octanol–water partition coefficient (Wildman–Crippen LogP) is 2.20. The number of nitrogens with two attached hydrogens (primary N) is 1. The summed E-state index contributed by atoms with van der Waals surface area (Å²) in [4.78, 5) is 10.8. The van der Waals surface area contributed by atoms with E-state index in [1.807, 2.05) is 24.3 Å². The number of carbonyl (C=O) groups is 1. The molecule has 0 atom stereocenters. The molecule has 106 valence electrons. The number of rotatable bonds is 7. The minimum Gasteiger partial charge on any atom is -0.493 e. The summed E-state index contributed by atoms with van der Waals surface area (Å²) in [6, 6.07) is 12.2. The molecule has 20 heavy (non-hydrogen) atoms. The van der Waals surface area contributed by atoms with Crippen molar-refractivity contribution in [3.05, 3.63) is 42.0 Å². The summed E-state index contributed by atoms with van der Waals surface area (Å²) in [7, 11) is 0. The van der Waals surface area contributed by atoms with Crippen LogP contribution < -0.4 is 15.8 Å². The Hall–Kier alpha value is -2.07. The van der Waals surface area contributed by atoms with Gasteiger partial charge in [0.15, 0.2) is 0 Å². The van der Waals surface area contributed by atoms with Crippen molar-refractivity contribution in [2.24, 2.45) is 5.73 Å². The van der Waals surface area contributed by atoms with Crippen molar-refractivity contribution in [2.45, 2.75) is 19.9 Å². The van der Waals surface area contributed by atoms with Gasteiger partial charge in [-0.05, 0) is 23.4 Å². The normalized spacial score (nSPS) is 10.7. The fourth-order valence-corrected chi connectivity index (χ4v) is 2.15. The second-order valence-electron chi connectivity index (χ2n) is 4.61. The van der Waals surface area contributed by atoms with Crippen LogP contribution in [0.25, 0.3) is 10.8 Å². The van der Waals surface area contributed by atoms with Crippen LogP contribution in [-0.4, -0.2) is 19.1 Å². The Kier molecular flexibility index (Phi) is 4.96. The molecule has 0 aliphatic carbocycles. The fourth-order valence-electron chi connectivity index (χ4n) is 2.15. The molecule has 0 aliphatic heterocycles. The van der Waals surface area contributed by atoms with Gasteiger partial charge in [0.05, 0.1) is 13.0 Å². The SMILES string of the molecule is CCNCc1c(OCCC(N)=O)ccc2ccccc12. The molecule has 0 saturated carbocycles. The molecule has 0 heterocycles. The summed E-state index contributed by atoms with van der Waals surface area (Å²) in [6.45, 7) is 4.01. The Morgan fingerprint density at radius 3 is 2.80 bits per heavy atom. The van der Waals surface area contributed by atoms with Gasteiger partial charge in [-0.3, -0.25) is 4.79 Å². The molecule has 0 spiro atoms. The van der Waals surface area contributed by atoms with E-state index in [0.717, 1.165) is 24.4 Å². The first-order valence-corrected chi connectivity index (χ1v) is 6.84. The molecule has 4 heteroatoms. The molecule has 3 N–H and O–H groups in total. The summed E-state index contributed by atoms with van der Waals surface area (Å²) < 4.78 is 5.71. The smallest absolute Gasteiger partial charge is 0.220 e. The number of ether oxygens (including phenoxy) is 1. The second-order valence-corrected chi connectivity index (χ2v) is 4.61. The Balaban J connectivity index is 2.29. The monoisotopic (exact) mass is 272 g/mol. The van der Waals surface area contributed by atoms with Crippen LogP contribution in [0.3, 0.4) is 0 Å². The third-order valence-corrected chi connectivity index (χ3v) is 3.16. The number of fused-ring (bicyclic) bond motifs is 1. The lowest BCUT2D eigenvalue weighted by atomic mass is 10.0. The number of amides is 1. The van der Waals surface area contributed by atoms with E-state index in [9.17, 15) is 4.79 Å². The number of carbonyl (C=O) groups excluding carboxylic acids is 1. The van der Waals surface area contributed by atoms with Gasteiger partial charge in [-0.1, -0.05) is 37.3 Å². The fraction of sp³-hybridized carbons (Fsp3) is 0.312. The van der Waals surface area contributed by atoms with Gasteiger partial charge >= 0.3 is 0 Å². The summed E-state index contributed by atoms with van der Waals surface area (Å²) in [5.74, 6) is 0.463. The largest absolute Gasteiger partial charge is 0.493 e. The zero-order valence-electron chi connectivity index (χ0n) is 11.7. The lowest BCUT2D eigenvalue weighted by molar-refractivity contribution is -0.118. The van der Waals surface area contributed by atoms with E-state index >= 15 is 0 Å². The quantitative estimate of drug-likeness (QED) is 0.812. The highest BCUT2D eigenvalue weighted by atomic mass is 16.5. The highest BCUT2D eigenvalue weighted by molar-refractivity contribution is 5.87. The van der Waals surface area contributed by atoms with Crippen LogP contribution in [0.15, 0.2) is 36.4 Å². The van der Waals surface area contributed by atoms with Crippen LogP contribution in [-0.2, 0) is 11.3 Å². The zero-order chi connectivity index (χ0) is 14.4. The van der Waals surface area contributed by atoms with Crippen LogP contribution in [0.1, 0.15) is 18.9 Å². The molecular weight excluding hydrogens is 252 g/mol. The molecule has 2 aromatic rings. The first-order valence-electron chi connectivity index (χ1n) is 6.84. The Bertz CT molecular complexity index is 596. The molecule has 4 nitrogen and oxygen atoms in total. The van der Waals surface area contributed by atoms with Crippen molar-refractivity contribution < 1.29 is 9.53 Å². The Morgan fingerprint density at radius 1 is 1.25 bits per heavy atom. The van der Waals surface area contributed by atoms with E-state index in [-0.39, 0.29) is 12.3 Å². The van der Waals surface area contributed by atoms with Gasteiger partial charge in [0.2, 0.25) is 5.91 Å². The van der Waals surface area contributed by atoms with Crippen molar-refractivity contribution >= 4 is 16.7 Å². The molecule has 0 radical (unpaired) electrons. The Labute approximate surface area is 118 Å². The van der Waals surface area contributed by atoms with Gasteiger partial charge in [-0.25, -0.2) is 0 Å². The number of hydrogen-bond donors (Lipinski definition) is 2. The van der Waals surface area contributed by atoms with E-state index in [4.69, 9.17) is 10.5 Å². The highest BCUT2D eigenvalue weighted by Crippen LogP contribution is 2.28. The van der Waals surface area contributed by atoms with E-state index in [1.54, 1.807) is 0 Å². The molecular formula is C16H20N2O2. The van der Waals surface area contributed by atoms with Crippen LogP contribution >= 0.6 is 0 Å². The molecule has 0 fully saturated rings. The van der Waals surface area contributed by atoms with Crippen LogP contribution in [0.4, 0.5) is 0 Å². The van der Waals surface area contributed by atoms with Gasteiger partial charge in [0, 0.05) is 12.1 Å². The number of primary amides is 1. The molecule has 0 aromatic heterocycles. The first kappa shape index (κ1) is 14.3. The van der Waals surface area contributed by atoms with Gasteiger partial charge in [0.1, 0.15) is 5.75 Å². The maximum Gasteiger partial charge on any atom is 0.220 e. The summed E-state index contributed by atoms with van der Waals surface area (Å²) >= 11 is 0. The van der Waals surface area contributed by atoms with Crippen LogP contribution in [0.2, 0.25) is 0 Å². The average molecular weight is 272 g/mol. The first-order chi connectivity index (χ1) is 9.72. The van der Waals surface area contributed by atoms with Gasteiger partial charge in [-0.15, -0.1) is 0 Å². The molecule has 2 rings (SSSR count). The lowest BCUT2D eigenvalue weighted by Gasteiger charge is -2.14. The Morgan fingerprint density at radius 2 is 2.05 bits per heavy atom. The van der Waals surface area contributed by atoms with Crippen molar-refractivity contribution in [1.29, 1.82) is 0 Å². The molecule has 0 saturated heterocycles. The highest BCUT2D eigenvalue weighted by Gasteiger charge is 2.08. The number of nitrogens with one attached hydrogen (secondary N) is 1. The van der Waals surface area contributed by atoms with Crippen molar-refractivity contribution in [3.63, 3.8) is 0 Å². The van der Waals surface area contributed by atoms with Crippen molar-refractivity contribution in [1.82, 2.24) is 5.32 Å². The van der Waals surface area contributed by atoms with E-state index in [1.165, 1.54) is 10.8 Å².